The lowest BCUT2D eigenvalue weighted by molar-refractivity contribution is 0.0701. The highest BCUT2D eigenvalue weighted by molar-refractivity contribution is 5.92. The molecule has 1 aromatic rings. The summed E-state index contributed by atoms with van der Waals surface area (Å²) in [6, 6.07) is 3.61. The minimum absolute atomic E-state index is 0.0578. The summed E-state index contributed by atoms with van der Waals surface area (Å²) < 4.78 is 4.99. The molecule has 0 atom stereocenters. The van der Waals surface area contributed by atoms with Gasteiger partial charge in [-0.15, -0.1) is 0 Å². The number of rotatable bonds is 7. The number of amides is 1. The summed E-state index contributed by atoms with van der Waals surface area (Å²) in [7, 11) is 1.63. The fourth-order valence-electron chi connectivity index (χ4n) is 1.60. The highest BCUT2D eigenvalue weighted by atomic mass is 16.5. The lowest BCUT2D eigenvalue weighted by atomic mass is 10.3. The fourth-order valence-corrected chi connectivity index (χ4v) is 1.60. The zero-order valence-electron chi connectivity index (χ0n) is 11.3. The first-order valence-electron chi connectivity index (χ1n) is 6.21. The minimum Gasteiger partial charge on any atom is -0.384 e. The van der Waals surface area contributed by atoms with Gasteiger partial charge >= 0.3 is 0 Å². The summed E-state index contributed by atoms with van der Waals surface area (Å²) in [6.07, 6.45) is 1.68. The molecule has 0 radical (unpaired) electrons. The van der Waals surface area contributed by atoms with E-state index in [1.54, 1.807) is 24.3 Å². The normalized spacial score (nSPS) is 10.2. The molecule has 1 heterocycles. The first-order valence-corrected chi connectivity index (χ1v) is 6.21. The molecule has 0 fully saturated rings. The Morgan fingerprint density at radius 3 is 2.72 bits per heavy atom. The van der Waals surface area contributed by atoms with Crippen LogP contribution in [0.15, 0.2) is 18.3 Å². The second-order valence-electron chi connectivity index (χ2n) is 3.84. The summed E-state index contributed by atoms with van der Waals surface area (Å²) in [5.41, 5.74) is 1.39. The number of aromatic nitrogens is 1. The molecule has 0 saturated heterocycles. The summed E-state index contributed by atoms with van der Waals surface area (Å²) in [6.45, 7) is 6.57. The van der Waals surface area contributed by atoms with Crippen LogP contribution in [0.2, 0.25) is 0 Å². The molecular formula is C13H21N3O2. The molecule has 18 heavy (non-hydrogen) atoms. The van der Waals surface area contributed by atoms with Gasteiger partial charge in [-0.25, -0.2) is 4.98 Å². The van der Waals surface area contributed by atoms with Gasteiger partial charge < -0.3 is 15.0 Å². The van der Waals surface area contributed by atoms with Gasteiger partial charge in [-0.05, 0) is 26.0 Å². The number of hydrogen-bond donors (Lipinski definition) is 1. The van der Waals surface area contributed by atoms with E-state index < -0.39 is 0 Å². The van der Waals surface area contributed by atoms with Crippen LogP contribution in [0, 0.1) is 0 Å². The monoisotopic (exact) mass is 251 g/mol. The van der Waals surface area contributed by atoms with E-state index in [4.69, 9.17) is 4.74 Å². The van der Waals surface area contributed by atoms with E-state index in [0.717, 1.165) is 12.2 Å². The second-order valence-corrected chi connectivity index (χ2v) is 3.84. The van der Waals surface area contributed by atoms with Crippen molar-refractivity contribution in [2.24, 2.45) is 0 Å². The Morgan fingerprint density at radius 2 is 2.22 bits per heavy atom. The summed E-state index contributed by atoms with van der Waals surface area (Å²) in [4.78, 5) is 18.0. The minimum atomic E-state index is -0.0578. The zero-order chi connectivity index (χ0) is 13.4. The molecule has 0 aliphatic rings. The molecule has 0 saturated carbocycles. The molecule has 1 aromatic heterocycles. The van der Waals surface area contributed by atoms with Gasteiger partial charge in [0.25, 0.3) is 5.91 Å². The lowest BCUT2D eigenvalue weighted by Gasteiger charge is -2.19. The standard InChI is InChI=1S/C13H21N3O2/c1-4-14-11-6-7-12(15-10-11)13(17)16(5-2)8-9-18-3/h6-7,10,14H,4-5,8-9H2,1-3H3. The van der Waals surface area contributed by atoms with Crippen LogP contribution >= 0.6 is 0 Å². The molecule has 100 valence electrons. The van der Waals surface area contributed by atoms with Crippen molar-refractivity contribution < 1.29 is 9.53 Å². The van der Waals surface area contributed by atoms with Gasteiger partial charge in [0, 0.05) is 26.7 Å². The van der Waals surface area contributed by atoms with Crippen molar-refractivity contribution in [1.82, 2.24) is 9.88 Å². The van der Waals surface area contributed by atoms with Crippen LogP contribution in [-0.4, -0.2) is 49.1 Å². The van der Waals surface area contributed by atoms with E-state index in [-0.39, 0.29) is 5.91 Å². The van der Waals surface area contributed by atoms with Crippen molar-refractivity contribution in [2.45, 2.75) is 13.8 Å². The summed E-state index contributed by atoms with van der Waals surface area (Å²) >= 11 is 0. The Morgan fingerprint density at radius 1 is 1.44 bits per heavy atom. The Hall–Kier alpha value is -1.62. The maximum absolute atomic E-state index is 12.1. The highest BCUT2D eigenvalue weighted by Gasteiger charge is 2.14. The maximum Gasteiger partial charge on any atom is 0.272 e. The van der Waals surface area contributed by atoms with Crippen LogP contribution in [0.1, 0.15) is 24.3 Å². The Labute approximate surface area is 108 Å². The molecule has 1 amide bonds. The molecule has 0 bridgehead atoms. The van der Waals surface area contributed by atoms with Crippen molar-refractivity contribution in [3.8, 4) is 0 Å². The third-order valence-electron chi connectivity index (χ3n) is 2.60. The number of anilines is 1. The number of hydrogen-bond acceptors (Lipinski definition) is 4. The third kappa shape index (κ3) is 4.00. The van der Waals surface area contributed by atoms with Crippen molar-refractivity contribution in [1.29, 1.82) is 0 Å². The molecular weight excluding hydrogens is 230 g/mol. The van der Waals surface area contributed by atoms with Gasteiger partial charge in [0.1, 0.15) is 5.69 Å². The number of carbonyl (C=O) groups excluding carboxylic acids is 1. The van der Waals surface area contributed by atoms with E-state index in [2.05, 4.69) is 10.3 Å². The molecule has 1 N–H and O–H groups in total. The lowest BCUT2D eigenvalue weighted by Crippen LogP contribution is -2.34. The largest absolute Gasteiger partial charge is 0.384 e. The molecule has 0 aromatic carbocycles. The average Bonchev–Trinajstić information content (AvgIpc) is 2.40. The van der Waals surface area contributed by atoms with E-state index in [0.29, 0.717) is 25.4 Å². The van der Waals surface area contributed by atoms with Crippen molar-refractivity contribution in [3.05, 3.63) is 24.0 Å². The van der Waals surface area contributed by atoms with Crippen molar-refractivity contribution in [3.63, 3.8) is 0 Å². The van der Waals surface area contributed by atoms with Crippen LogP contribution in [-0.2, 0) is 4.74 Å². The molecule has 5 nitrogen and oxygen atoms in total. The van der Waals surface area contributed by atoms with E-state index in [1.165, 1.54) is 0 Å². The van der Waals surface area contributed by atoms with Gasteiger partial charge in [0.15, 0.2) is 0 Å². The van der Waals surface area contributed by atoms with Crippen LogP contribution in [0.5, 0.6) is 0 Å². The number of likely N-dealkylation sites (N-methyl/N-ethyl adjacent to an activating group) is 1. The number of nitrogens with zero attached hydrogens (tertiary/aromatic N) is 2. The Kier molecular flexibility index (Phi) is 6.14. The molecule has 0 unspecified atom stereocenters. The predicted molar refractivity (Wildman–Crippen MR) is 71.9 cm³/mol. The topological polar surface area (TPSA) is 54.5 Å². The van der Waals surface area contributed by atoms with Gasteiger partial charge in [-0.3, -0.25) is 4.79 Å². The van der Waals surface area contributed by atoms with Crippen molar-refractivity contribution in [2.75, 3.05) is 38.7 Å². The van der Waals surface area contributed by atoms with E-state index >= 15 is 0 Å². The number of carbonyl (C=O) groups is 1. The van der Waals surface area contributed by atoms with Crippen LogP contribution in [0.4, 0.5) is 5.69 Å². The summed E-state index contributed by atoms with van der Waals surface area (Å²) in [5.74, 6) is -0.0578. The van der Waals surface area contributed by atoms with Gasteiger partial charge in [0.2, 0.25) is 0 Å². The average molecular weight is 251 g/mol. The predicted octanol–water partition coefficient (Wildman–Crippen LogP) is 1.62. The number of methoxy groups -OCH3 is 1. The first kappa shape index (κ1) is 14.4. The number of pyridine rings is 1. The quantitative estimate of drug-likeness (QED) is 0.800. The van der Waals surface area contributed by atoms with Gasteiger partial charge in [0.05, 0.1) is 18.5 Å². The van der Waals surface area contributed by atoms with Crippen LogP contribution in [0.25, 0.3) is 0 Å². The van der Waals surface area contributed by atoms with Crippen LogP contribution in [0.3, 0.4) is 0 Å². The number of ether oxygens (including phenoxy) is 1. The van der Waals surface area contributed by atoms with Crippen molar-refractivity contribution >= 4 is 11.6 Å². The molecule has 0 aliphatic heterocycles. The zero-order valence-corrected chi connectivity index (χ0v) is 11.3. The van der Waals surface area contributed by atoms with E-state index in [9.17, 15) is 4.79 Å². The Bertz CT molecular complexity index is 365. The van der Waals surface area contributed by atoms with Gasteiger partial charge in [-0.2, -0.15) is 0 Å². The maximum atomic E-state index is 12.1. The molecule has 5 heteroatoms. The fraction of sp³-hybridized carbons (Fsp3) is 0.538. The van der Waals surface area contributed by atoms with Gasteiger partial charge in [-0.1, -0.05) is 0 Å². The summed E-state index contributed by atoms with van der Waals surface area (Å²) in [5, 5.41) is 3.14. The van der Waals surface area contributed by atoms with E-state index in [1.807, 2.05) is 19.9 Å². The van der Waals surface area contributed by atoms with Crippen LogP contribution < -0.4 is 5.32 Å². The second kappa shape index (κ2) is 7.66. The molecule has 0 aliphatic carbocycles. The molecule has 1 rings (SSSR count). The first-order chi connectivity index (χ1) is 8.72. The Balaban J connectivity index is 2.69. The number of nitrogens with one attached hydrogen (secondary N) is 1. The third-order valence-corrected chi connectivity index (χ3v) is 2.60. The SMILES string of the molecule is CCNc1ccc(C(=O)N(CC)CCOC)nc1. The smallest absolute Gasteiger partial charge is 0.272 e. The molecule has 0 spiro atoms. The highest BCUT2D eigenvalue weighted by Crippen LogP contribution is 2.08.